The Hall–Kier alpha value is -2.01. The van der Waals surface area contributed by atoms with Gasteiger partial charge in [0.2, 0.25) is 0 Å². The molecular formula is C16H21ClN4O. The van der Waals surface area contributed by atoms with E-state index in [1.807, 2.05) is 45.2 Å². The number of aromatic nitrogens is 2. The maximum atomic E-state index is 11.9. The van der Waals surface area contributed by atoms with Gasteiger partial charge in [-0.2, -0.15) is 5.10 Å². The summed E-state index contributed by atoms with van der Waals surface area (Å²) in [5, 5.41) is 10.6. The van der Waals surface area contributed by atoms with Crippen LogP contribution in [0.1, 0.15) is 23.7 Å². The molecule has 6 heteroatoms. The van der Waals surface area contributed by atoms with Gasteiger partial charge in [0.05, 0.1) is 6.20 Å². The zero-order valence-corrected chi connectivity index (χ0v) is 13.8. The summed E-state index contributed by atoms with van der Waals surface area (Å²) in [6.45, 7) is 4.41. The molecule has 1 aromatic heterocycles. The number of benzene rings is 1. The lowest BCUT2D eigenvalue weighted by molar-refractivity contribution is 0.237. The third-order valence-corrected chi connectivity index (χ3v) is 3.82. The van der Waals surface area contributed by atoms with E-state index in [0.717, 1.165) is 23.2 Å². The highest BCUT2D eigenvalue weighted by molar-refractivity contribution is 6.30. The molecule has 0 aliphatic carbocycles. The maximum absolute atomic E-state index is 11.9. The number of carbonyl (C=O) groups excluding carboxylic acids is 1. The molecule has 22 heavy (non-hydrogen) atoms. The van der Waals surface area contributed by atoms with Crippen molar-refractivity contribution in [1.29, 1.82) is 0 Å². The first-order valence-electron chi connectivity index (χ1n) is 7.22. The molecular weight excluding hydrogens is 300 g/mol. The lowest BCUT2D eigenvalue weighted by Crippen LogP contribution is -2.41. The van der Waals surface area contributed by atoms with Crippen molar-refractivity contribution in [3.05, 3.63) is 52.3 Å². The lowest BCUT2D eigenvalue weighted by atomic mass is 10.1. The molecule has 118 valence electrons. The van der Waals surface area contributed by atoms with Crippen LogP contribution in [0.5, 0.6) is 0 Å². The number of hydrogen-bond acceptors (Lipinski definition) is 2. The van der Waals surface area contributed by atoms with E-state index in [-0.39, 0.29) is 12.1 Å². The fourth-order valence-corrected chi connectivity index (χ4v) is 2.45. The Morgan fingerprint density at radius 2 is 2.23 bits per heavy atom. The Bertz CT molecular complexity index is 653. The van der Waals surface area contributed by atoms with Crippen LogP contribution >= 0.6 is 11.6 Å². The summed E-state index contributed by atoms with van der Waals surface area (Å²) >= 11 is 5.96. The predicted octanol–water partition coefficient (Wildman–Crippen LogP) is 2.81. The van der Waals surface area contributed by atoms with Crippen LogP contribution in [-0.2, 0) is 20.0 Å². The van der Waals surface area contributed by atoms with Crippen molar-refractivity contribution in [1.82, 2.24) is 20.4 Å². The number of aryl methyl sites for hydroxylation is 1. The molecule has 1 aromatic carbocycles. The van der Waals surface area contributed by atoms with Crippen LogP contribution in [0.15, 0.2) is 30.5 Å². The summed E-state index contributed by atoms with van der Waals surface area (Å²) < 4.78 is 1.79. The van der Waals surface area contributed by atoms with E-state index >= 15 is 0 Å². The number of urea groups is 1. The van der Waals surface area contributed by atoms with Crippen molar-refractivity contribution < 1.29 is 4.79 Å². The molecule has 0 fully saturated rings. The number of halogens is 1. The van der Waals surface area contributed by atoms with E-state index in [9.17, 15) is 4.79 Å². The molecule has 0 aliphatic rings. The second kappa shape index (κ2) is 7.31. The van der Waals surface area contributed by atoms with Gasteiger partial charge in [-0.25, -0.2) is 4.79 Å². The maximum Gasteiger partial charge on any atom is 0.315 e. The number of nitrogens with zero attached hydrogens (tertiary/aromatic N) is 2. The molecule has 5 nitrogen and oxygen atoms in total. The normalized spacial score (nSPS) is 12.0. The van der Waals surface area contributed by atoms with Crippen LogP contribution in [-0.4, -0.2) is 21.9 Å². The van der Waals surface area contributed by atoms with E-state index in [1.54, 1.807) is 10.9 Å². The summed E-state index contributed by atoms with van der Waals surface area (Å²) in [5.74, 6) is 0. The highest BCUT2D eigenvalue weighted by Crippen LogP contribution is 2.12. The average molecular weight is 321 g/mol. The van der Waals surface area contributed by atoms with Crippen molar-refractivity contribution in [2.75, 3.05) is 0 Å². The zero-order valence-electron chi connectivity index (χ0n) is 13.1. The molecule has 0 radical (unpaired) electrons. The van der Waals surface area contributed by atoms with Crippen LogP contribution < -0.4 is 10.6 Å². The molecule has 0 unspecified atom stereocenters. The van der Waals surface area contributed by atoms with Crippen molar-refractivity contribution in [3.63, 3.8) is 0 Å². The van der Waals surface area contributed by atoms with Crippen molar-refractivity contribution in [2.45, 2.75) is 32.9 Å². The molecule has 2 N–H and O–H groups in total. The Kier molecular flexibility index (Phi) is 5.44. The zero-order chi connectivity index (χ0) is 16.1. The molecule has 1 heterocycles. The third kappa shape index (κ3) is 4.49. The molecule has 0 bridgehead atoms. The first-order valence-corrected chi connectivity index (χ1v) is 7.60. The second-order valence-corrected chi connectivity index (χ2v) is 5.88. The van der Waals surface area contributed by atoms with Crippen LogP contribution in [0.4, 0.5) is 4.79 Å². The minimum Gasteiger partial charge on any atom is -0.335 e. The first-order chi connectivity index (χ1) is 10.5. The van der Waals surface area contributed by atoms with E-state index in [2.05, 4.69) is 15.7 Å². The quantitative estimate of drug-likeness (QED) is 0.890. The molecule has 1 atom stereocenters. The Morgan fingerprint density at radius 3 is 2.86 bits per heavy atom. The Morgan fingerprint density at radius 1 is 1.45 bits per heavy atom. The molecule has 2 rings (SSSR count). The van der Waals surface area contributed by atoms with Crippen LogP contribution in [0.2, 0.25) is 5.02 Å². The molecule has 2 aromatic rings. The molecule has 0 saturated carbocycles. The van der Waals surface area contributed by atoms with Crippen molar-refractivity contribution in [2.24, 2.45) is 7.05 Å². The largest absolute Gasteiger partial charge is 0.335 e. The molecule has 0 spiro atoms. The molecule has 0 saturated heterocycles. The first kappa shape index (κ1) is 16.4. The number of carbonyl (C=O) groups is 1. The van der Waals surface area contributed by atoms with Gasteiger partial charge >= 0.3 is 6.03 Å². The van der Waals surface area contributed by atoms with E-state index in [4.69, 9.17) is 11.6 Å². The minimum atomic E-state index is -0.183. The van der Waals surface area contributed by atoms with E-state index in [1.165, 1.54) is 0 Å². The molecule has 2 amide bonds. The highest BCUT2D eigenvalue weighted by Gasteiger charge is 2.09. The van der Waals surface area contributed by atoms with Gasteiger partial charge in [0.15, 0.2) is 0 Å². The Balaban J connectivity index is 1.80. The van der Waals surface area contributed by atoms with Gasteiger partial charge in [0.1, 0.15) is 0 Å². The lowest BCUT2D eigenvalue weighted by Gasteiger charge is -2.15. The fraction of sp³-hybridized carbons (Fsp3) is 0.375. The summed E-state index contributed by atoms with van der Waals surface area (Å²) in [6.07, 6.45) is 2.50. The van der Waals surface area contributed by atoms with E-state index < -0.39 is 0 Å². The van der Waals surface area contributed by atoms with Crippen molar-refractivity contribution >= 4 is 17.6 Å². The summed E-state index contributed by atoms with van der Waals surface area (Å²) in [4.78, 5) is 11.9. The van der Waals surface area contributed by atoms with Gasteiger partial charge in [0, 0.05) is 35.9 Å². The third-order valence-electron chi connectivity index (χ3n) is 3.58. The van der Waals surface area contributed by atoms with Gasteiger partial charge in [-0.1, -0.05) is 23.7 Å². The van der Waals surface area contributed by atoms with E-state index in [0.29, 0.717) is 11.6 Å². The minimum absolute atomic E-state index is 0.0217. The van der Waals surface area contributed by atoms with Gasteiger partial charge in [0.25, 0.3) is 0 Å². The number of hydrogen-bond donors (Lipinski definition) is 2. The highest BCUT2D eigenvalue weighted by atomic mass is 35.5. The SMILES string of the molecule is Cc1c(CNC(=O)N[C@@H](C)Cc2cccc(Cl)c2)cnn1C. The van der Waals surface area contributed by atoms with Crippen LogP contribution in [0, 0.1) is 6.92 Å². The summed E-state index contributed by atoms with van der Waals surface area (Å²) in [6, 6.07) is 7.51. The van der Waals surface area contributed by atoms with Gasteiger partial charge in [-0.05, 0) is 38.0 Å². The smallest absolute Gasteiger partial charge is 0.315 e. The molecule has 0 aliphatic heterocycles. The van der Waals surface area contributed by atoms with Gasteiger partial charge in [-0.15, -0.1) is 0 Å². The van der Waals surface area contributed by atoms with Gasteiger partial charge in [-0.3, -0.25) is 4.68 Å². The van der Waals surface area contributed by atoms with Gasteiger partial charge < -0.3 is 10.6 Å². The van der Waals surface area contributed by atoms with Crippen molar-refractivity contribution in [3.8, 4) is 0 Å². The predicted molar refractivity (Wildman–Crippen MR) is 87.9 cm³/mol. The van der Waals surface area contributed by atoms with Crippen LogP contribution in [0.3, 0.4) is 0 Å². The standard InChI is InChI=1S/C16H21ClN4O/c1-11(7-13-5-4-6-15(17)8-13)20-16(22)18-9-14-10-19-21(3)12(14)2/h4-6,8,10-11H,7,9H2,1-3H3,(H2,18,20,22)/t11-/m0/s1. The Labute approximate surface area is 135 Å². The monoisotopic (exact) mass is 320 g/mol. The summed E-state index contributed by atoms with van der Waals surface area (Å²) in [7, 11) is 1.88. The topological polar surface area (TPSA) is 59.0 Å². The second-order valence-electron chi connectivity index (χ2n) is 5.44. The number of rotatable bonds is 5. The fourth-order valence-electron chi connectivity index (χ4n) is 2.24. The van der Waals surface area contributed by atoms with Crippen LogP contribution in [0.25, 0.3) is 0 Å². The number of nitrogens with one attached hydrogen (secondary N) is 2. The summed E-state index contributed by atoms with van der Waals surface area (Å²) in [5.41, 5.74) is 3.16. The average Bonchev–Trinajstić information content (AvgIpc) is 2.76. The number of amides is 2.